The predicted octanol–water partition coefficient (Wildman–Crippen LogP) is 3.43. The molecule has 0 aliphatic carbocycles. The van der Waals surface area contributed by atoms with E-state index < -0.39 is 5.92 Å². The van der Waals surface area contributed by atoms with E-state index in [2.05, 4.69) is 25.4 Å². The van der Waals surface area contributed by atoms with E-state index in [-0.39, 0.29) is 17.3 Å². The molecule has 10 heteroatoms. The lowest BCUT2D eigenvalue weighted by atomic mass is 9.99. The van der Waals surface area contributed by atoms with Crippen molar-refractivity contribution >= 4 is 11.7 Å². The van der Waals surface area contributed by atoms with Gasteiger partial charge in [0.15, 0.2) is 17.3 Å². The highest BCUT2D eigenvalue weighted by Gasteiger charge is 2.23. The Morgan fingerprint density at radius 3 is 2.54 bits per heavy atom. The number of anilines is 1. The molecule has 192 valence electrons. The van der Waals surface area contributed by atoms with Gasteiger partial charge in [-0.15, -0.1) is 0 Å². The number of nitrogens with zero attached hydrogens (tertiary/aromatic N) is 4. The number of hydrogen-bond acceptors (Lipinski definition) is 8. The molecule has 10 nitrogen and oxygen atoms in total. The monoisotopic (exact) mass is 501 g/mol. The van der Waals surface area contributed by atoms with E-state index in [1.54, 1.807) is 30.2 Å². The zero-order chi connectivity index (χ0) is 26.5. The number of carbonyl (C=O) groups excluding carboxylic acids is 1. The Balaban J connectivity index is 1.66. The largest absolute Gasteiger partial charge is 0.382 e. The van der Waals surface area contributed by atoms with Crippen molar-refractivity contribution in [1.29, 1.82) is 0 Å². The number of pyridine rings is 1. The second-order valence-electron chi connectivity index (χ2n) is 8.70. The summed E-state index contributed by atoms with van der Waals surface area (Å²) >= 11 is 0. The molecule has 37 heavy (non-hydrogen) atoms. The van der Waals surface area contributed by atoms with Crippen LogP contribution in [-0.4, -0.2) is 51.1 Å². The van der Waals surface area contributed by atoms with Gasteiger partial charge in [0.2, 0.25) is 5.91 Å². The van der Waals surface area contributed by atoms with E-state index in [4.69, 9.17) is 10.3 Å². The molecule has 4 rings (SSSR count). The van der Waals surface area contributed by atoms with E-state index in [0.29, 0.717) is 47.1 Å². The molecule has 1 atom stereocenters. The summed E-state index contributed by atoms with van der Waals surface area (Å²) in [5.41, 5.74) is 10.3. The first-order chi connectivity index (χ1) is 17.9. The van der Waals surface area contributed by atoms with Crippen LogP contribution in [0.2, 0.25) is 0 Å². The van der Waals surface area contributed by atoms with Crippen LogP contribution in [0.5, 0.6) is 0 Å². The van der Waals surface area contributed by atoms with Crippen LogP contribution in [0.25, 0.3) is 34.0 Å². The molecule has 0 saturated carbocycles. The van der Waals surface area contributed by atoms with E-state index >= 15 is 0 Å². The van der Waals surface area contributed by atoms with E-state index in [1.807, 2.05) is 45.2 Å². The average Bonchev–Trinajstić information content (AvgIpc) is 3.40. The van der Waals surface area contributed by atoms with Gasteiger partial charge in [0.25, 0.3) is 5.56 Å². The van der Waals surface area contributed by atoms with Crippen LogP contribution in [0.3, 0.4) is 0 Å². The van der Waals surface area contributed by atoms with Gasteiger partial charge in [-0.1, -0.05) is 29.4 Å². The Hall–Kier alpha value is -4.31. The normalized spacial score (nSPS) is 11.9. The Morgan fingerprint density at radius 1 is 1.14 bits per heavy atom. The molecule has 0 saturated heterocycles. The summed E-state index contributed by atoms with van der Waals surface area (Å²) in [7, 11) is 1.90. The summed E-state index contributed by atoms with van der Waals surface area (Å²) in [6.45, 7) is 7.48. The third kappa shape index (κ3) is 5.44. The topological polar surface area (TPSA) is 143 Å². The average molecular weight is 502 g/mol. The van der Waals surface area contributed by atoms with Gasteiger partial charge in [0, 0.05) is 48.6 Å². The molecule has 0 aliphatic heterocycles. The third-order valence-electron chi connectivity index (χ3n) is 6.31. The molecular weight excluding hydrogens is 470 g/mol. The van der Waals surface area contributed by atoms with Crippen LogP contribution in [0.1, 0.15) is 37.8 Å². The lowest BCUT2D eigenvalue weighted by Crippen LogP contribution is -2.35. The Morgan fingerprint density at radius 2 is 1.86 bits per heavy atom. The number of nitrogens with two attached hydrogens (primary N) is 1. The highest BCUT2D eigenvalue weighted by molar-refractivity contribution is 5.83. The smallest absolute Gasteiger partial charge is 0.251 e. The van der Waals surface area contributed by atoms with Crippen LogP contribution in [0.4, 0.5) is 5.82 Å². The number of carbonyl (C=O) groups is 1. The summed E-state index contributed by atoms with van der Waals surface area (Å²) in [4.78, 5) is 38.8. The fourth-order valence-electron chi connectivity index (χ4n) is 4.15. The van der Waals surface area contributed by atoms with Gasteiger partial charge in [-0.2, -0.15) is 0 Å². The van der Waals surface area contributed by atoms with Gasteiger partial charge in [-0.05, 0) is 39.4 Å². The van der Waals surface area contributed by atoms with Crippen molar-refractivity contribution in [2.75, 3.05) is 25.9 Å². The Kier molecular flexibility index (Phi) is 7.78. The first kappa shape index (κ1) is 25.8. The van der Waals surface area contributed by atoms with Crippen molar-refractivity contribution in [3.63, 3.8) is 0 Å². The lowest BCUT2D eigenvalue weighted by Gasteiger charge is -2.22. The van der Waals surface area contributed by atoms with Gasteiger partial charge in [0.1, 0.15) is 5.69 Å². The van der Waals surface area contributed by atoms with Crippen LogP contribution >= 0.6 is 0 Å². The van der Waals surface area contributed by atoms with Crippen molar-refractivity contribution in [1.82, 2.24) is 30.3 Å². The number of H-pyrrole nitrogens is 1. The number of rotatable bonds is 9. The number of hydrogen-bond donors (Lipinski definition) is 3. The molecule has 4 aromatic rings. The van der Waals surface area contributed by atoms with Crippen LogP contribution in [0, 0.1) is 0 Å². The molecule has 0 radical (unpaired) electrons. The molecule has 0 spiro atoms. The van der Waals surface area contributed by atoms with Gasteiger partial charge in [-0.25, -0.2) is 9.97 Å². The predicted molar refractivity (Wildman–Crippen MR) is 143 cm³/mol. The number of aromatic amines is 1. The minimum absolute atomic E-state index is 0.107. The quantitative estimate of drug-likeness (QED) is 0.317. The molecule has 4 N–H and O–H groups in total. The summed E-state index contributed by atoms with van der Waals surface area (Å²) in [6, 6.07) is 11.4. The highest BCUT2D eigenvalue weighted by atomic mass is 16.5. The highest BCUT2D eigenvalue weighted by Crippen LogP contribution is 2.30. The molecule has 3 heterocycles. The molecule has 1 amide bonds. The van der Waals surface area contributed by atoms with Crippen molar-refractivity contribution in [2.24, 2.45) is 0 Å². The molecule has 0 aliphatic rings. The summed E-state index contributed by atoms with van der Waals surface area (Å²) in [5, 5.41) is 7.30. The van der Waals surface area contributed by atoms with Gasteiger partial charge in [-0.3, -0.25) is 9.59 Å². The molecule has 3 aromatic heterocycles. The molecule has 0 bridgehead atoms. The van der Waals surface area contributed by atoms with Crippen molar-refractivity contribution < 1.29 is 9.32 Å². The second kappa shape index (κ2) is 11.2. The molecule has 0 fully saturated rings. The van der Waals surface area contributed by atoms with Crippen LogP contribution in [0.15, 0.2) is 58.1 Å². The number of benzene rings is 1. The zero-order valence-electron chi connectivity index (χ0n) is 21.4. The fourth-order valence-corrected chi connectivity index (χ4v) is 4.15. The number of aromatic nitrogens is 4. The maximum atomic E-state index is 12.9. The van der Waals surface area contributed by atoms with Gasteiger partial charge < -0.3 is 25.5 Å². The maximum absolute atomic E-state index is 12.9. The molecule has 1 aromatic carbocycles. The van der Waals surface area contributed by atoms with E-state index in [9.17, 15) is 9.59 Å². The lowest BCUT2D eigenvalue weighted by molar-refractivity contribution is -0.132. The minimum atomic E-state index is -0.610. The number of nitrogen functional groups attached to an aromatic ring is 1. The number of nitrogens with one attached hydrogen (secondary N) is 2. The Bertz CT molecular complexity index is 1440. The SMILES string of the molecule is CCN(CC)C(=O)C(C)c1cc(-c2cnc(N)c(-c3cc(-c4ccc(CNC)cc4)no3)n2)c[nH]c1=O. The molecular formula is C27H31N7O3. The van der Waals surface area contributed by atoms with Crippen molar-refractivity contribution in [3.05, 3.63) is 70.3 Å². The zero-order valence-corrected chi connectivity index (χ0v) is 21.4. The standard InChI is InChI=1S/C27H31N7O3/c1-5-34(6-2)27(36)16(3)20-11-19(14-31-26(20)35)22-15-30-25(28)24(32-22)23-12-21(33-37-23)18-9-7-17(8-10-18)13-29-4/h7-12,14-16,29H,5-6,13H2,1-4H3,(H2,28,30)(H,31,35). The van der Waals surface area contributed by atoms with E-state index in [0.717, 1.165) is 17.7 Å². The first-order valence-electron chi connectivity index (χ1n) is 12.2. The van der Waals surface area contributed by atoms with Crippen molar-refractivity contribution in [2.45, 2.75) is 33.2 Å². The Labute approximate surface area is 214 Å². The van der Waals surface area contributed by atoms with Crippen LogP contribution in [-0.2, 0) is 11.3 Å². The van der Waals surface area contributed by atoms with Crippen LogP contribution < -0.4 is 16.6 Å². The summed E-state index contributed by atoms with van der Waals surface area (Å²) in [5.74, 6) is -0.160. The minimum Gasteiger partial charge on any atom is -0.382 e. The maximum Gasteiger partial charge on any atom is 0.251 e. The third-order valence-corrected chi connectivity index (χ3v) is 6.31. The number of amides is 1. The first-order valence-corrected chi connectivity index (χ1v) is 12.2. The fraction of sp³-hybridized carbons (Fsp3) is 0.296. The molecule has 1 unspecified atom stereocenters. The van der Waals surface area contributed by atoms with Gasteiger partial charge >= 0.3 is 0 Å². The van der Waals surface area contributed by atoms with Gasteiger partial charge in [0.05, 0.1) is 17.8 Å². The van der Waals surface area contributed by atoms with Crippen molar-refractivity contribution in [3.8, 4) is 34.0 Å². The summed E-state index contributed by atoms with van der Waals surface area (Å²) in [6.07, 6.45) is 3.06. The van der Waals surface area contributed by atoms with E-state index in [1.165, 1.54) is 6.20 Å². The summed E-state index contributed by atoms with van der Waals surface area (Å²) < 4.78 is 5.57. The second-order valence-corrected chi connectivity index (χ2v) is 8.70. The number of likely N-dealkylation sites (N-methyl/N-ethyl adjacent to an activating group) is 1.